The molecule has 290 valence electrons. The summed E-state index contributed by atoms with van der Waals surface area (Å²) in [4.78, 5) is 23.5. The first kappa shape index (κ1) is 44.7. The molecule has 0 bridgehead atoms. The van der Waals surface area contributed by atoms with Crippen molar-refractivity contribution >= 4 is 45.8 Å². The summed E-state index contributed by atoms with van der Waals surface area (Å²) in [5.74, 6) is -0.154. The Morgan fingerprint density at radius 3 is 1.70 bits per heavy atom. The minimum atomic E-state index is -3.66. The first-order chi connectivity index (χ1) is 25.2. The number of halogens is 1. The van der Waals surface area contributed by atoms with E-state index in [9.17, 15) is 22.4 Å². The molecule has 0 aliphatic carbocycles. The first-order valence-corrected chi connectivity index (χ1v) is 19.0. The fourth-order valence-electron chi connectivity index (χ4n) is 4.71. The molecular weight excluding hydrogens is 708 g/mol. The number of esters is 1. The Hall–Kier alpha value is -5.42. The van der Waals surface area contributed by atoms with Gasteiger partial charge >= 0.3 is 5.97 Å². The molecule has 0 saturated heterocycles. The number of methoxy groups -OCH3 is 1. The van der Waals surface area contributed by atoms with E-state index < -0.39 is 15.8 Å². The van der Waals surface area contributed by atoms with Crippen molar-refractivity contribution in [2.75, 3.05) is 31.3 Å². The van der Waals surface area contributed by atoms with Gasteiger partial charge in [0.05, 0.1) is 19.1 Å². The third-order valence-electron chi connectivity index (χ3n) is 7.64. The van der Waals surface area contributed by atoms with Crippen LogP contribution in [-0.4, -0.2) is 46.9 Å². The van der Waals surface area contributed by atoms with Gasteiger partial charge in [-0.05, 0) is 63.9 Å². The lowest BCUT2D eigenvalue weighted by atomic mass is 9.86. The largest absolute Gasteiger partial charge is 0.489 e. The van der Waals surface area contributed by atoms with Gasteiger partial charge < -0.3 is 19.5 Å². The van der Waals surface area contributed by atoms with E-state index in [1.54, 1.807) is 30.4 Å². The molecule has 0 unspecified atom stereocenters. The molecule has 1 amide bonds. The van der Waals surface area contributed by atoms with E-state index in [0.29, 0.717) is 24.5 Å². The first-order valence-electron chi connectivity index (χ1n) is 17.1. The molecule has 54 heavy (non-hydrogen) atoms. The molecule has 3 aromatic rings. The fraction of sp³-hybridized carbons (Fsp3) is 0.302. The zero-order valence-corrected chi connectivity index (χ0v) is 33.4. The number of anilines is 1. The number of carbonyl (C=O) groups is 2. The highest BCUT2D eigenvalue weighted by Gasteiger charge is 2.17. The molecule has 0 fully saturated rings. The average Bonchev–Trinajstić information content (AvgIpc) is 3.10. The van der Waals surface area contributed by atoms with E-state index in [-0.39, 0.29) is 40.5 Å². The van der Waals surface area contributed by atoms with Gasteiger partial charge in [-0.25, -0.2) is 17.6 Å². The van der Waals surface area contributed by atoms with Crippen LogP contribution < -0.4 is 19.5 Å². The van der Waals surface area contributed by atoms with Gasteiger partial charge in [0.25, 0.3) is 0 Å². The number of sulfonamides is 1. The van der Waals surface area contributed by atoms with E-state index in [4.69, 9.17) is 9.47 Å². The van der Waals surface area contributed by atoms with Gasteiger partial charge in [-0.1, -0.05) is 104 Å². The van der Waals surface area contributed by atoms with Crippen LogP contribution in [-0.2, 0) is 41.7 Å². The van der Waals surface area contributed by atoms with Crippen LogP contribution in [0.2, 0.25) is 0 Å². The molecular formula is C43H53FN2O7S. The van der Waals surface area contributed by atoms with E-state index in [1.807, 2.05) is 36.4 Å². The minimum absolute atomic E-state index is 0.0386. The molecule has 11 heteroatoms. The van der Waals surface area contributed by atoms with Crippen molar-refractivity contribution in [3.8, 4) is 11.5 Å². The van der Waals surface area contributed by atoms with Crippen molar-refractivity contribution in [2.45, 2.75) is 58.9 Å². The van der Waals surface area contributed by atoms with Gasteiger partial charge in [-0.3, -0.25) is 9.52 Å². The van der Waals surface area contributed by atoms with Crippen molar-refractivity contribution < 1.29 is 36.6 Å². The van der Waals surface area contributed by atoms with Gasteiger partial charge in [-0.2, -0.15) is 0 Å². The van der Waals surface area contributed by atoms with Crippen LogP contribution in [0.5, 0.6) is 11.5 Å². The summed E-state index contributed by atoms with van der Waals surface area (Å²) in [6.45, 7) is 24.5. The second-order valence-electron chi connectivity index (χ2n) is 14.2. The Labute approximate surface area is 320 Å². The normalized spacial score (nSPS) is 11.6. The lowest BCUT2D eigenvalue weighted by Crippen LogP contribution is -2.20. The van der Waals surface area contributed by atoms with Crippen LogP contribution in [0.1, 0.15) is 74.9 Å². The molecule has 9 nitrogen and oxygen atoms in total. The maximum atomic E-state index is 14.5. The summed E-state index contributed by atoms with van der Waals surface area (Å²) in [7, 11) is -2.31. The highest BCUT2D eigenvalue weighted by atomic mass is 32.2. The van der Waals surface area contributed by atoms with E-state index >= 15 is 0 Å². The Morgan fingerprint density at radius 1 is 0.778 bits per heavy atom. The quantitative estimate of drug-likeness (QED) is 0.0903. The summed E-state index contributed by atoms with van der Waals surface area (Å²) in [6, 6.07) is 14.5. The predicted octanol–water partition coefficient (Wildman–Crippen LogP) is 8.77. The zero-order chi connectivity index (χ0) is 40.7. The molecule has 0 aromatic heterocycles. The van der Waals surface area contributed by atoms with Crippen molar-refractivity contribution in [2.24, 2.45) is 0 Å². The monoisotopic (exact) mass is 760 g/mol. The zero-order valence-electron chi connectivity index (χ0n) is 32.5. The number of ether oxygens (including phenoxy) is 3. The standard InChI is InChI=1S/C26H31FN2O4S.C17H22O3/c1-7-13-33-23-16-21(26(3,4)5)11-9-20(23)10-12-24(30)28-17-18-14-19(8-2)25(22(27)15-18)29-34(6,31)32;1-6-11-20-15-12-14(17(2,3)4)9-7-13(15)8-10-16(18)19-5/h7-12,14-16,29H,1-2,13,17H2,3-6H3,(H,28,30);6-10,12H,1,11H2,2-5H3/b12-10+;10-8+. The summed E-state index contributed by atoms with van der Waals surface area (Å²) >= 11 is 0. The highest BCUT2D eigenvalue weighted by molar-refractivity contribution is 7.92. The van der Waals surface area contributed by atoms with Gasteiger partial charge in [0.2, 0.25) is 15.9 Å². The van der Waals surface area contributed by atoms with Crippen molar-refractivity contribution in [1.29, 1.82) is 0 Å². The van der Waals surface area contributed by atoms with Crippen LogP contribution >= 0.6 is 0 Å². The summed E-state index contributed by atoms with van der Waals surface area (Å²) in [5.41, 5.74) is 4.37. The third kappa shape index (κ3) is 14.9. The topological polar surface area (TPSA) is 120 Å². The second kappa shape index (κ2) is 20.1. The van der Waals surface area contributed by atoms with Gasteiger partial charge in [0, 0.05) is 35.4 Å². The number of benzene rings is 3. The van der Waals surface area contributed by atoms with Crippen molar-refractivity contribution in [3.63, 3.8) is 0 Å². The highest BCUT2D eigenvalue weighted by Crippen LogP contribution is 2.31. The SMILES string of the molecule is C=CCOc1cc(C(C)(C)C)ccc1/C=C/C(=O)NCc1cc(F)c(NS(C)(=O)=O)c(C=C)c1.C=CCOc1cc(C(C)(C)C)ccc1/C=C/C(=O)OC. The molecule has 0 heterocycles. The lowest BCUT2D eigenvalue weighted by molar-refractivity contribution is -0.134. The molecule has 3 aromatic carbocycles. The van der Waals surface area contributed by atoms with Gasteiger partial charge in [-0.15, -0.1) is 0 Å². The molecule has 0 spiro atoms. The van der Waals surface area contributed by atoms with E-state index in [1.165, 1.54) is 30.9 Å². The van der Waals surface area contributed by atoms with Crippen LogP contribution in [0.4, 0.5) is 10.1 Å². The second-order valence-corrected chi connectivity index (χ2v) is 16.0. The number of carbonyl (C=O) groups excluding carboxylic acids is 2. The van der Waals surface area contributed by atoms with Crippen LogP contribution in [0.3, 0.4) is 0 Å². The number of hydrogen-bond acceptors (Lipinski definition) is 7. The molecule has 0 atom stereocenters. The maximum Gasteiger partial charge on any atom is 0.330 e. The van der Waals surface area contributed by atoms with Gasteiger partial charge in [0.1, 0.15) is 30.5 Å². The number of amides is 1. The molecule has 2 N–H and O–H groups in total. The molecule has 0 aliphatic heterocycles. The Bertz CT molecular complexity index is 1990. The Morgan fingerprint density at radius 2 is 1.28 bits per heavy atom. The minimum Gasteiger partial charge on any atom is -0.489 e. The summed E-state index contributed by atoms with van der Waals surface area (Å²) in [6.07, 6.45) is 11.7. The fourth-order valence-corrected chi connectivity index (χ4v) is 5.29. The molecule has 0 saturated carbocycles. The number of hydrogen-bond donors (Lipinski definition) is 2. The smallest absolute Gasteiger partial charge is 0.330 e. The average molecular weight is 761 g/mol. The third-order valence-corrected chi connectivity index (χ3v) is 8.22. The predicted molar refractivity (Wildman–Crippen MR) is 219 cm³/mol. The summed E-state index contributed by atoms with van der Waals surface area (Å²) < 4.78 is 55.6. The number of rotatable bonds is 15. The van der Waals surface area contributed by atoms with E-state index in [2.05, 4.69) is 76.1 Å². The molecule has 3 rings (SSSR count). The lowest BCUT2D eigenvalue weighted by Gasteiger charge is -2.20. The van der Waals surface area contributed by atoms with Crippen molar-refractivity contribution in [3.05, 3.63) is 132 Å². The van der Waals surface area contributed by atoms with Crippen LogP contribution in [0, 0.1) is 5.82 Å². The number of nitrogens with one attached hydrogen (secondary N) is 2. The maximum absolute atomic E-state index is 14.5. The Balaban J connectivity index is 0.000000429. The van der Waals surface area contributed by atoms with Gasteiger partial charge in [0.15, 0.2) is 0 Å². The van der Waals surface area contributed by atoms with Crippen LogP contribution in [0.25, 0.3) is 18.2 Å². The molecule has 0 aliphatic rings. The summed E-state index contributed by atoms with van der Waals surface area (Å²) in [5, 5.41) is 2.69. The molecule has 0 radical (unpaired) electrons. The Kier molecular flexibility index (Phi) is 16.7. The van der Waals surface area contributed by atoms with Crippen LogP contribution in [0.15, 0.2) is 92.6 Å². The van der Waals surface area contributed by atoms with Crippen molar-refractivity contribution in [1.82, 2.24) is 5.32 Å². The van der Waals surface area contributed by atoms with E-state index in [0.717, 1.165) is 34.8 Å².